The van der Waals surface area contributed by atoms with Gasteiger partial charge in [0.2, 0.25) is 0 Å². The Balaban J connectivity index is 1.72. The standard InChI is InChI=1S/C22H37N5O5S3/c1-5-32-20(28)19(33)18-14-23-21(34-18)24-22(29)27(16-8-6-15(2)7-9-16)17-10-12-26(13-11-17)35(30,31)25(3)4/h14-17,19,33H,5-13H2,1-4H3,(H,23,24,29). The molecule has 0 aromatic carbocycles. The van der Waals surface area contributed by atoms with Crippen LogP contribution in [0.3, 0.4) is 0 Å². The maximum Gasteiger partial charge on any atom is 0.324 e. The predicted octanol–water partition coefficient (Wildman–Crippen LogP) is 3.36. The molecule has 1 saturated heterocycles. The van der Waals surface area contributed by atoms with Crippen molar-refractivity contribution in [3.05, 3.63) is 11.1 Å². The predicted molar refractivity (Wildman–Crippen MR) is 140 cm³/mol. The number of amides is 2. The molecule has 1 aliphatic carbocycles. The lowest BCUT2D eigenvalue weighted by atomic mass is 9.85. The van der Waals surface area contributed by atoms with Crippen LogP contribution in [0.25, 0.3) is 0 Å². The topological polar surface area (TPSA) is 112 Å². The van der Waals surface area contributed by atoms with Crippen molar-refractivity contribution in [1.82, 2.24) is 18.5 Å². The number of urea groups is 1. The Hall–Kier alpha value is -1.41. The number of anilines is 1. The van der Waals surface area contributed by atoms with Crippen LogP contribution >= 0.6 is 24.0 Å². The lowest BCUT2D eigenvalue weighted by molar-refractivity contribution is -0.142. The minimum atomic E-state index is -3.47. The zero-order chi connectivity index (χ0) is 25.8. The van der Waals surface area contributed by atoms with E-state index < -0.39 is 21.4 Å². The second-order valence-electron chi connectivity index (χ2n) is 9.39. The van der Waals surface area contributed by atoms with Gasteiger partial charge in [0.1, 0.15) is 5.25 Å². The number of esters is 1. The van der Waals surface area contributed by atoms with Gasteiger partial charge in [0.05, 0.1) is 11.5 Å². The molecule has 2 aliphatic rings. The fourth-order valence-corrected chi connectivity index (χ4v) is 6.91. The summed E-state index contributed by atoms with van der Waals surface area (Å²) in [5.41, 5.74) is 0. The Kier molecular flexibility index (Phi) is 9.83. The summed E-state index contributed by atoms with van der Waals surface area (Å²) < 4.78 is 32.8. The number of thiazole rings is 1. The zero-order valence-corrected chi connectivity index (χ0v) is 23.4. The number of nitrogens with zero attached hydrogens (tertiary/aromatic N) is 4. The van der Waals surface area contributed by atoms with Crippen LogP contribution in [-0.2, 0) is 19.7 Å². The van der Waals surface area contributed by atoms with Gasteiger partial charge in [-0.2, -0.15) is 29.7 Å². The number of carbonyl (C=O) groups excluding carboxylic acids is 2. The molecule has 2 amide bonds. The third-order valence-electron chi connectivity index (χ3n) is 6.73. The average Bonchev–Trinajstić information content (AvgIpc) is 3.28. The highest BCUT2D eigenvalue weighted by molar-refractivity contribution is 7.86. The molecule has 3 rings (SSSR count). The molecule has 0 radical (unpaired) electrons. The summed E-state index contributed by atoms with van der Waals surface area (Å²) in [5, 5.41) is 2.57. The second kappa shape index (κ2) is 12.2. The molecule has 2 fully saturated rings. The summed E-state index contributed by atoms with van der Waals surface area (Å²) in [6.07, 6.45) is 6.67. The third-order valence-corrected chi connectivity index (χ3v) is 10.3. The SMILES string of the molecule is CCOC(=O)C(S)c1cnc(NC(=O)N(C2CCC(C)CC2)C2CCN(S(=O)(=O)N(C)C)CC2)s1. The quantitative estimate of drug-likeness (QED) is 0.381. The highest BCUT2D eigenvalue weighted by Crippen LogP contribution is 2.33. The second-order valence-corrected chi connectivity index (χ2v) is 13.1. The molecule has 0 spiro atoms. The lowest BCUT2D eigenvalue weighted by Crippen LogP contribution is -2.55. The Morgan fingerprint density at radius 3 is 2.37 bits per heavy atom. The van der Waals surface area contributed by atoms with E-state index in [4.69, 9.17) is 4.74 Å². The molecule has 1 unspecified atom stereocenters. The normalized spacial score (nSPS) is 23.1. The van der Waals surface area contributed by atoms with E-state index in [2.05, 4.69) is 29.9 Å². The van der Waals surface area contributed by atoms with E-state index in [0.29, 0.717) is 41.9 Å². The number of nitrogens with one attached hydrogen (secondary N) is 1. The largest absolute Gasteiger partial charge is 0.465 e. The van der Waals surface area contributed by atoms with Gasteiger partial charge in [-0.05, 0) is 51.4 Å². The number of ether oxygens (including phenoxy) is 1. The van der Waals surface area contributed by atoms with Gasteiger partial charge < -0.3 is 9.64 Å². The van der Waals surface area contributed by atoms with Gasteiger partial charge in [-0.25, -0.2) is 9.78 Å². The molecule has 1 atom stereocenters. The lowest BCUT2D eigenvalue weighted by Gasteiger charge is -2.44. The summed E-state index contributed by atoms with van der Waals surface area (Å²) in [6.45, 7) is 4.99. The third kappa shape index (κ3) is 6.88. The molecule has 1 aromatic heterocycles. The molecular weight excluding hydrogens is 510 g/mol. The number of thiol groups is 1. The molecule has 13 heteroatoms. The summed E-state index contributed by atoms with van der Waals surface area (Å²) in [5.74, 6) is 0.190. The van der Waals surface area contributed by atoms with Gasteiger partial charge in [0.15, 0.2) is 5.13 Å². The first-order valence-corrected chi connectivity index (χ1v) is 14.8. The Bertz CT molecular complexity index is 970. The summed E-state index contributed by atoms with van der Waals surface area (Å²) >= 11 is 5.53. The zero-order valence-electron chi connectivity index (χ0n) is 20.8. The van der Waals surface area contributed by atoms with Crippen molar-refractivity contribution in [3.8, 4) is 0 Å². The molecule has 198 valence electrons. The van der Waals surface area contributed by atoms with E-state index in [1.54, 1.807) is 6.92 Å². The van der Waals surface area contributed by atoms with Crippen molar-refractivity contribution in [2.45, 2.75) is 69.7 Å². The molecule has 1 aliphatic heterocycles. The van der Waals surface area contributed by atoms with Gasteiger partial charge in [0.25, 0.3) is 10.2 Å². The van der Waals surface area contributed by atoms with E-state index >= 15 is 0 Å². The van der Waals surface area contributed by atoms with Crippen LogP contribution in [0.4, 0.5) is 9.93 Å². The van der Waals surface area contributed by atoms with Crippen LogP contribution in [0.2, 0.25) is 0 Å². The van der Waals surface area contributed by atoms with Gasteiger partial charge >= 0.3 is 12.0 Å². The van der Waals surface area contributed by atoms with Crippen LogP contribution in [0.15, 0.2) is 6.20 Å². The van der Waals surface area contributed by atoms with Crippen LogP contribution in [0, 0.1) is 5.92 Å². The number of piperidine rings is 1. The maximum atomic E-state index is 13.5. The van der Waals surface area contributed by atoms with Gasteiger partial charge in [0, 0.05) is 45.5 Å². The van der Waals surface area contributed by atoms with Crippen molar-refractivity contribution < 1.29 is 22.7 Å². The first kappa shape index (κ1) is 28.2. The summed E-state index contributed by atoms with van der Waals surface area (Å²) in [6, 6.07) is -0.186. The van der Waals surface area contributed by atoms with Gasteiger partial charge in [-0.1, -0.05) is 18.3 Å². The Labute approximate surface area is 218 Å². The molecule has 2 heterocycles. The van der Waals surface area contributed by atoms with Gasteiger partial charge in [-0.15, -0.1) is 0 Å². The first-order chi connectivity index (χ1) is 16.5. The van der Waals surface area contributed by atoms with Crippen LogP contribution in [-0.4, -0.2) is 84.8 Å². The van der Waals surface area contributed by atoms with E-state index in [9.17, 15) is 18.0 Å². The average molecular weight is 548 g/mol. The Morgan fingerprint density at radius 2 is 1.80 bits per heavy atom. The smallest absolute Gasteiger partial charge is 0.324 e. The van der Waals surface area contributed by atoms with Crippen LogP contribution in [0.1, 0.15) is 62.5 Å². The minimum Gasteiger partial charge on any atom is -0.465 e. The van der Waals surface area contributed by atoms with Crippen molar-refractivity contribution in [3.63, 3.8) is 0 Å². The van der Waals surface area contributed by atoms with Crippen LogP contribution in [0.5, 0.6) is 0 Å². The van der Waals surface area contributed by atoms with E-state index in [-0.39, 0.29) is 24.7 Å². The van der Waals surface area contributed by atoms with E-state index in [1.807, 2.05) is 4.90 Å². The fourth-order valence-electron chi connectivity index (χ4n) is 4.70. The molecule has 10 nitrogen and oxygen atoms in total. The fraction of sp³-hybridized carbons (Fsp3) is 0.773. The highest BCUT2D eigenvalue weighted by atomic mass is 32.2. The minimum absolute atomic E-state index is 0.0568. The maximum absolute atomic E-state index is 13.5. The number of aromatic nitrogens is 1. The molecule has 1 saturated carbocycles. The molecular formula is C22H37N5O5S3. The number of hydrogen-bond donors (Lipinski definition) is 2. The number of carbonyl (C=O) groups is 2. The van der Waals surface area contributed by atoms with Crippen LogP contribution < -0.4 is 5.32 Å². The monoisotopic (exact) mass is 547 g/mol. The summed E-state index contributed by atoms with van der Waals surface area (Å²) in [7, 11) is -0.409. The van der Waals surface area contributed by atoms with Gasteiger partial charge in [-0.3, -0.25) is 10.1 Å². The van der Waals surface area contributed by atoms with Crippen molar-refractivity contribution in [1.29, 1.82) is 0 Å². The number of hydrogen-bond acceptors (Lipinski definition) is 8. The summed E-state index contributed by atoms with van der Waals surface area (Å²) in [4.78, 5) is 32.3. The molecule has 1 N–H and O–H groups in total. The molecule has 1 aromatic rings. The van der Waals surface area contributed by atoms with E-state index in [1.165, 1.54) is 40.2 Å². The number of rotatable bonds is 8. The Morgan fingerprint density at radius 1 is 1.20 bits per heavy atom. The van der Waals surface area contributed by atoms with Crippen molar-refractivity contribution in [2.75, 3.05) is 39.1 Å². The molecule has 0 bridgehead atoms. The molecule has 35 heavy (non-hydrogen) atoms. The first-order valence-electron chi connectivity index (χ1n) is 12.1. The highest BCUT2D eigenvalue weighted by Gasteiger charge is 2.38. The van der Waals surface area contributed by atoms with E-state index in [0.717, 1.165) is 25.7 Å². The van der Waals surface area contributed by atoms with Crippen molar-refractivity contribution in [2.24, 2.45) is 5.92 Å². The van der Waals surface area contributed by atoms with Crippen molar-refractivity contribution >= 4 is 51.3 Å².